The van der Waals surface area contributed by atoms with E-state index in [0.717, 1.165) is 18.4 Å². The molecular weight excluding hydrogens is 260 g/mol. The number of nitrogens with one attached hydrogen (secondary N) is 1. The van der Waals surface area contributed by atoms with Crippen molar-refractivity contribution in [3.8, 4) is 0 Å². The highest BCUT2D eigenvalue weighted by atomic mass is 32.1. The summed E-state index contributed by atoms with van der Waals surface area (Å²) in [5, 5.41) is 2.90. The van der Waals surface area contributed by atoms with Crippen molar-refractivity contribution in [3.05, 3.63) is 35.9 Å². The van der Waals surface area contributed by atoms with Gasteiger partial charge in [-0.1, -0.05) is 42.5 Å². The molecule has 19 heavy (non-hydrogen) atoms. The number of ether oxygens (including phenoxy) is 1. The summed E-state index contributed by atoms with van der Waals surface area (Å²) in [6.45, 7) is 0. The second-order valence-corrected chi connectivity index (χ2v) is 5.22. The summed E-state index contributed by atoms with van der Waals surface area (Å²) < 4.78 is 5.28. The molecule has 1 aromatic rings. The van der Waals surface area contributed by atoms with Crippen LogP contribution in [-0.4, -0.2) is 24.0 Å². The Hall–Kier alpha value is -1.46. The minimum atomic E-state index is -0.628. The molecule has 1 saturated carbocycles. The molecule has 1 aromatic carbocycles. The Labute approximate surface area is 118 Å². The van der Waals surface area contributed by atoms with Crippen LogP contribution in [0, 0.1) is 5.92 Å². The highest BCUT2D eigenvalue weighted by Crippen LogP contribution is 2.33. The van der Waals surface area contributed by atoms with Gasteiger partial charge in [-0.2, -0.15) is 0 Å². The summed E-state index contributed by atoms with van der Waals surface area (Å²) >= 11 is 5.01. The van der Waals surface area contributed by atoms with Crippen LogP contribution in [0.5, 0.6) is 0 Å². The van der Waals surface area contributed by atoms with Gasteiger partial charge in [0.25, 0.3) is 5.91 Å². The Morgan fingerprint density at radius 3 is 2.53 bits per heavy atom. The molecule has 2 rings (SSSR count). The number of amides is 1. The molecule has 0 bridgehead atoms. The number of nitrogens with two attached hydrogens (primary N) is 1. The van der Waals surface area contributed by atoms with Crippen molar-refractivity contribution < 1.29 is 9.53 Å². The van der Waals surface area contributed by atoms with E-state index in [-0.39, 0.29) is 11.9 Å². The van der Waals surface area contributed by atoms with Gasteiger partial charge in [-0.15, -0.1) is 0 Å². The Morgan fingerprint density at radius 2 is 2.05 bits per heavy atom. The van der Waals surface area contributed by atoms with Gasteiger partial charge < -0.3 is 15.8 Å². The zero-order chi connectivity index (χ0) is 13.8. The predicted octanol–water partition coefficient (Wildman–Crippen LogP) is 1.55. The maximum Gasteiger partial charge on any atom is 0.254 e. The zero-order valence-electron chi connectivity index (χ0n) is 10.8. The largest absolute Gasteiger partial charge is 0.392 e. The minimum Gasteiger partial charge on any atom is -0.392 e. The van der Waals surface area contributed by atoms with Crippen LogP contribution in [0.1, 0.15) is 24.5 Å². The van der Waals surface area contributed by atoms with Crippen LogP contribution < -0.4 is 11.1 Å². The fraction of sp³-hybridized carbons (Fsp3) is 0.429. The summed E-state index contributed by atoms with van der Waals surface area (Å²) in [5.41, 5.74) is 6.50. The molecule has 0 aliphatic heterocycles. The van der Waals surface area contributed by atoms with Gasteiger partial charge in [-0.3, -0.25) is 4.79 Å². The van der Waals surface area contributed by atoms with Crippen LogP contribution in [0.2, 0.25) is 0 Å². The highest BCUT2D eigenvalue weighted by molar-refractivity contribution is 7.80. The molecule has 4 nitrogen and oxygen atoms in total. The van der Waals surface area contributed by atoms with Crippen molar-refractivity contribution in [1.82, 2.24) is 5.32 Å². The first kappa shape index (κ1) is 14.0. The van der Waals surface area contributed by atoms with E-state index in [2.05, 4.69) is 5.32 Å². The number of carbonyl (C=O) groups excluding carboxylic acids is 1. The van der Waals surface area contributed by atoms with Crippen LogP contribution in [-0.2, 0) is 9.53 Å². The van der Waals surface area contributed by atoms with E-state index in [1.807, 2.05) is 30.3 Å². The standard InChI is InChI=1S/C14H18N2O2S/c1-18-12(10-5-3-2-4-6-10)14(17)16-11(13(15)19)9-7-8-9/h2-6,9,11-12H,7-8H2,1H3,(H2,15,19)(H,16,17). The van der Waals surface area contributed by atoms with E-state index >= 15 is 0 Å². The second-order valence-electron chi connectivity index (χ2n) is 4.75. The quantitative estimate of drug-likeness (QED) is 0.775. The van der Waals surface area contributed by atoms with Gasteiger partial charge in [0.15, 0.2) is 6.10 Å². The molecule has 2 atom stereocenters. The summed E-state index contributed by atoms with van der Waals surface area (Å²) in [5.74, 6) is 0.188. The number of hydrogen-bond acceptors (Lipinski definition) is 3. The third-order valence-corrected chi connectivity index (χ3v) is 3.53. The summed E-state index contributed by atoms with van der Waals surface area (Å²) in [7, 11) is 1.52. The van der Waals surface area contributed by atoms with Crippen LogP contribution >= 0.6 is 12.2 Å². The molecule has 2 unspecified atom stereocenters. The molecule has 1 aliphatic rings. The van der Waals surface area contributed by atoms with Gasteiger partial charge in [0.2, 0.25) is 0 Å². The average Bonchev–Trinajstić information content (AvgIpc) is 3.22. The molecular formula is C14H18N2O2S. The van der Waals surface area contributed by atoms with Gasteiger partial charge in [-0.05, 0) is 24.3 Å². The van der Waals surface area contributed by atoms with E-state index < -0.39 is 6.10 Å². The van der Waals surface area contributed by atoms with E-state index in [9.17, 15) is 4.79 Å². The van der Waals surface area contributed by atoms with Crippen molar-refractivity contribution in [3.63, 3.8) is 0 Å². The van der Waals surface area contributed by atoms with Gasteiger partial charge in [0, 0.05) is 7.11 Å². The zero-order valence-corrected chi connectivity index (χ0v) is 11.7. The third kappa shape index (κ3) is 3.52. The minimum absolute atomic E-state index is 0.196. The van der Waals surface area contributed by atoms with Crippen molar-refractivity contribution in [2.75, 3.05) is 7.11 Å². The molecule has 1 fully saturated rings. The second kappa shape index (κ2) is 6.12. The van der Waals surface area contributed by atoms with E-state index in [1.165, 1.54) is 7.11 Å². The van der Waals surface area contributed by atoms with Gasteiger partial charge in [0.1, 0.15) is 0 Å². The summed E-state index contributed by atoms with van der Waals surface area (Å²) in [4.78, 5) is 12.6. The first-order chi connectivity index (χ1) is 9.13. The molecule has 0 spiro atoms. The molecule has 1 amide bonds. The highest BCUT2D eigenvalue weighted by Gasteiger charge is 2.35. The number of carbonyl (C=O) groups is 1. The topological polar surface area (TPSA) is 64.3 Å². The van der Waals surface area contributed by atoms with Crippen molar-refractivity contribution in [2.24, 2.45) is 11.7 Å². The summed E-state index contributed by atoms with van der Waals surface area (Å²) in [6, 6.07) is 9.15. The molecule has 0 saturated heterocycles. The predicted molar refractivity (Wildman–Crippen MR) is 77.6 cm³/mol. The van der Waals surface area contributed by atoms with E-state index in [1.54, 1.807) is 0 Å². The smallest absolute Gasteiger partial charge is 0.254 e. The van der Waals surface area contributed by atoms with Crippen LogP contribution in [0.15, 0.2) is 30.3 Å². The Kier molecular flexibility index (Phi) is 4.50. The molecule has 3 N–H and O–H groups in total. The summed E-state index contributed by atoms with van der Waals surface area (Å²) in [6.07, 6.45) is 1.49. The Morgan fingerprint density at radius 1 is 1.42 bits per heavy atom. The fourth-order valence-corrected chi connectivity index (χ4v) is 2.35. The fourth-order valence-electron chi connectivity index (χ4n) is 2.10. The lowest BCUT2D eigenvalue weighted by atomic mass is 10.1. The van der Waals surface area contributed by atoms with Crippen molar-refractivity contribution in [2.45, 2.75) is 25.0 Å². The van der Waals surface area contributed by atoms with Gasteiger partial charge >= 0.3 is 0 Å². The SMILES string of the molecule is COC(C(=O)NC(C(N)=S)C1CC1)c1ccccc1. The maximum atomic E-state index is 12.3. The van der Waals surface area contributed by atoms with E-state index in [0.29, 0.717) is 10.9 Å². The average molecular weight is 278 g/mol. The number of methoxy groups -OCH3 is 1. The van der Waals surface area contributed by atoms with Crippen molar-refractivity contribution in [1.29, 1.82) is 0 Å². The van der Waals surface area contributed by atoms with Crippen molar-refractivity contribution >= 4 is 23.1 Å². The number of thiocarbonyl (C=S) groups is 1. The number of benzene rings is 1. The molecule has 0 radical (unpaired) electrons. The molecule has 0 aromatic heterocycles. The molecule has 1 aliphatic carbocycles. The normalized spacial score (nSPS) is 17.5. The van der Waals surface area contributed by atoms with E-state index in [4.69, 9.17) is 22.7 Å². The lowest BCUT2D eigenvalue weighted by molar-refractivity contribution is -0.131. The molecule has 102 valence electrons. The van der Waals surface area contributed by atoms with Crippen LogP contribution in [0.4, 0.5) is 0 Å². The number of hydrogen-bond donors (Lipinski definition) is 2. The molecule has 0 heterocycles. The Balaban J connectivity index is 2.06. The Bertz CT molecular complexity index is 460. The maximum absolute atomic E-state index is 12.3. The van der Waals surface area contributed by atoms with Gasteiger partial charge in [-0.25, -0.2) is 0 Å². The first-order valence-corrected chi connectivity index (χ1v) is 6.71. The lowest BCUT2D eigenvalue weighted by Crippen LogP contribution is -2.47. The lowest BCUT2D eigenvalue weighted by Gasteiger charge is -2.21. The third-order valence-electron chi connectivity index (χ3n) is 3.27. The van der Waals surface area contributed by atoms with Crippen LogP contribution in [0.25, 0.3) is 0 Å². The molecule has 5 heteroatoms. The first-order valence-electron chi connectivity index (χ1n) is 6.31. The van der Waals surface area contributed by atoms with Crippen LogP contribution in [0.3, 0.4) is 0 Å². The monoisotopic (exact) mass is 278 g/mol. The number of rotatable bonds is 6. The van der Waals surface area contributed by atoms with Gasteiger partial charge in [0.05, 0.1) is 11.0 Å².